The summed E-state index contributed by atoms with van der Waals surface area (Å²) in [4.78, 5) is 21.8. The average molecular weight is 230 g/mol. The molecule has 0 amide bonds. The molecule has 0 bridgehead atoms. The molecule has 0 heterocycles. The van der Waals surface area contributed by atoms with Crippen LogP contribution in [0.15, 0.2) is 12.2 Å². The summed E-state index contributed by atoms with van der Waals surface area (Å²) in [5, 5.41) is 8.71. The van der Waals surface area contributed by atoms with E-state index in [1.807, 2.05) is 21.1 Å². The number of hydrogen-bond acceptors (Lipinski definition) is 3. The molecule has 0 radical (unpaired) electrons. The van der Waals surface area contributed by atoms with E-state index in [0.717, 1.165) is 0 Å². The first kappa shape index (κ1) is 14.6. The van der Waals surface area contributed by atoms with Crippen molar-refractivity contribution < 1.29 is 23.9 Å². The van der Waals surface area contributed by atoms with E-state index in [0.29, 0.717) is 11.0 Å². The van der Waals surface area contributed by atoms with Gasteiger partial charge in [0.15, 0.2) is 6.10 Å². The molecule has 0 rings (SSSR count). The highest BCUT2D eigenvalue weighted by molar-refractivity contribution is 5.82. The van der Waals surface area contributed by atoms with Gasteiger partial charge in [-0.3, -0.25) is 4.79 Å². The van der Waals surface area contributed by atoms with Gasteiger partial charge in [0.05, 0.1) is 27.6 Å². The lowest BCUT2D eigenvalue weighted by atomic mass is 10.2. The number of aliphatic carboxylic acids is 1. The lowest BCUT2D eigenvalue weighted by Crippen LogP contribution is -2.43. The highest BCUT2D eigenvalue weighted by atomic mass is 16.5. The molecule has 1 atom stereocenters. The van der Waals surface area contributed by atoms with Crippen LogP contribution < -0.4 is 0 Å². The summed E-state index contributed by atoms with van der Waals surface area (Å²) in [6, 6.07) is 0. The van der Waals surface area contributed by atoms with Gasteiger partial charge in [0.25, 0.3) is 0 Å². The Morgan fingerprint density at radius 2 is 1.94 bits per heavy atom. The monoisotopic (exact) mass is 230 g/mol. The number of likely N-dealkylation sites (N-methyl/N-ethyl adjacent to an activating group) is 1. The molecule has 16 heavy (non-hydrogen) atoms. The Bertz CT molecular complexity index is 278. The molecule has 0 aromatic carbocycles. The third-order valence-corrected chi connectivity index (χ3v) is 1.74. The van der Waals surface area contributed by atoms with Crippen molar-refractivity contribution in [2.45, 2.75) is 19.4 Å². The second-order valence-corrected chi connectivity index (χ2v) is 4.63. The van der Waals surface area contributed by atoms with Crippen molar-refractivity contribution in [3.8, 4) is 0 Å². The number of allylic oxidation sites excluding steroid dienone is 1. The first-order valence-corrected chi connectivity index (χ1v) is 5.10. The Labute approximate surface area is 95.9 Å². The van der Waals surface area contributed by atoms with E-state index < -0.39 is 18.0 Å². The fourth-order valence-electron chi connectivity index (χ4n) is 1.29. The quantitative estimate of drug-likeness (QED) is 0.413. The van der Waals surface area contributed by atoms with Crippen molar-refractivity contribution in [3.05, 3.63) is 12.2 Å². The molecule has 1 unspecified atom stereocenters. The fourth-order valence-corrected chi connectivity index (χ4v) is 1.29. The molecule has 0 aliphatic carbocycles. The molecule has 1 N–H and O–H groups in total. The summed E-state index contributed by atoms with van der Waals surface area (Å²) in [5.74, 6) is -1.46. The van der Waals surface area contributed by atoms with Crippen molar-refractivity contribution in [1.82, 2.24) is 0 Å². The van der Waals surface area contributed by atoms with Crippen LogP contribution in [-0.4, -0.2) is 55.3 Å². The van der Waals surface area contributed by atoms with Gasteiger partial charge in [-0.25, -0.2) is 4.79 Å². The van der Waals surface area contributed by atoms with Gasteiger partial charge in [-0.2, -0.15) is 0 Å². The highest BCUT2D eigenvalue weighted by Gasteiger charge is 2.23. The van der Waals surface area contributed by atoms with Crippen molar-refractivity contribution in [1.29, 1.82) is 0 Å². The van der Waals surface area contributed by atoms with Gasteiger partial charge in [-0.15, -0.1) is 0 Å². The summed E-state index contributed by atoms with van der Waals surface area (Å²) >= 11 is 0. The first-order chi connectivity index (χ1) is 7.24. The van der Waals surface area contributed by atoms with Gasteiger partial charge in [0, 0.05) is 6.08 Å². The number of esters is 1. The Kier molecular flexibility index (Phi) is 5.74. The van der Waals surface area contributed by atoms with E-state index in [-0.39, 0.29) is 6.42 Å². The molecule has 0 saturated heterocycles. The predicted octanol–water partition coefficient (Wildman–Crippen LogP) is 0.655. The molecule has 5 nitrogen and oxygen atoms in total. The Morgan fingerprint density at radius 1 is 1.38 bits per heavy atom. The zero-order valence-electron chi connectivity index (χ0n) is 10.3. The predicted molar refractivity (Wildman–Crippen MR) is 59.8 cm³/mol. The first-order valence-electron chi connectivity index (χ1n) is 5.10. The number of carboxylic acids is 1. The van der Waals surface area contributed by atoms with Crippen LogP contribution in [0.2, 0.25) is 0 Å². The third kappa shape index (κ3) is 7.99. The summed E-state index contributed by atoms with van der Waals surface area (Å²) in [5.41, 5.74) is 0. The third-order valence-electron chi connectivity index (χ3n) is 1.74. The van der Waals surface area contributed by atoms with Crippen LogP contribution in [0.5, 0.6) is 0 Å². The number of nitrogens with zero attached hydrogens (tertiary/aromatic N) is 1. The van der Waals surface area contributed by atoms with Gasteiger partial charge < -0.3 is 14.3 Å². The normalized spacial score (nSPS) is 13.8. The Morgan fingerprint density at radius 3 is 2.31 bits per heavy atom. The zero-order valence-corrected chi connectivity index (χ0v) is 10.3. The second kappa shape index (κ2) is 6.27. The minimum Gasteiger partial charge on any atom is -0.481 e. The Balaban J connectivity index is 4.43. The lowest BCUT2D eigenvalue weighted by molar-refractivity contribution is -0.873. The summed E-state index contributed by atoms with van der Waals surface area (Å²) in [6.07, 6.45) is 2.08. The number of carbonyl (C=O) groups excluding carboxylic acids is 1. The molecular weight excluding hydrogens is 210 g/mol. The topological polar surface area (TPSA) is 63.6 Å². The van der Waals surface area contributed by atoms with E-state index in [1.165, 1.54) is 6.08 Å². The van der Waals surface area contributed by atoms with Gasteiger partial charge in [0.1, 0.15) is 6.54 Å². The maximum atomic E-state index is 11.2. The molecule has 92 valence electrons. The van der Waals surface area contributed by atoms with Gasteiger partial charge >= 0.3 is 11.9 Å². The lowest BCUT2D eigenvalue weighted by Gasteiger charge is -2.28. The largest absolute Gasteiger partial charge is 0.481 e. The standard InChI is InChI=1S/C11H19NO4/c1-5-6-11(15)16-9(7-10(13)14)8-12(2,3)4/h5-6,9H,7-8H2,1-4H3/p+1/b6-5+. The average Bonchev–Trinajstić information content (AvgIpc) is 1.98. The molecule has 0 fully saturated rings. The molecule has 5 heteroatoms. The van der Waals surface area contributed by atoms with E-state index in [2.05, 4.69) is 0 Å². The van der Waals surface area contributed by atoms with Crippen LogP contribution in [-0.2, 0) is 14.3 Å². The van der Waals surface area contributed by atoms with Crippen LogP contribution in [0.1, 0.15) is 13.3 Å². The van der Waals surface area contributed by atoms with Crippen LogP contribution in [0, 0.1) is 0 Å². The Hall–Kier alpha value is -1.36. The van der Waals surface area contributed by atoms with Crippen molar-refractivity contribution >= 4 is 11.9 Å². The minimum atomic E-state index is -0.966. The molecule has 0 aromatic rings. The molecule has 0 aliphatic rings. The summed E-state index contributed by atoms with van der Waals surface area (Å²) < 4.78 is 5.60. The molecule has 0 aromatic heterocycles. The maximum absolute atomic E-state index is 11.2. The molecule has 0 saturated carbocycles. The highest BCUT2D eigenvalue weighted by Crippen LogP contribution is 2.05. The maximum Gasteiger partial charge on any atom is 0.330 e. The summed E-state index contributed by atoms with van der Waals surface area (Å²) in [6.45, 7) is 2.17. The van der Waals surface area contributed by atoms with Gasteiger partial charge in [0.2, 0.25) is 0 Å². The molecular formula is C11H20NO4+. The van der Waals surface area contributed by atoms with Crippen molar-refractivity contribution in [3.63, 3.8) is 0 Å². The number of quaternary nitrogens is 1. The van der Waals surface area contributed by atoms with Crippen molar-refractivity contribution in [2.24, 2.45) is 0 Å². The number of carbonyl (C=O) groups is 2. The van der Waals surface area contributed by atoms with E-state index in [9.17, 15) is 9.59 Å². The zero-order chi connectivity index (χ0) is 12.8. The van der Waals surface area contributed by atoms with E-state index in [4.69, 9.17) is 9.84 Å². The van der Waals surface area contributed by atoms with Gasteiger partial charge in [-0.1, -0.05) is 6.08 Å². The van der Waals surface area contributed by atoms with E-state index in [1.54, 1.807) is 13.0 Å². The van der Waals surface area contributed by atoms with Crippen LogP contribution in [0.25, 0.3) is 0 Å². The number of ether oxygens (including phenoxy) is 1. The fraction of sp³-hybridized carbons (Fsp3) is 0.636. The van der Waals surface area contributed by atoms with Crippen LogP contribution >= 0.6 is 0 Å². The molecule has 0 spiro atoms. The van der Waals surface area contributed by atoms with E-state index >= 15 is 0 Å². The SMILES string of the molecule is C/C=C/C(=O)OC(CC(=O)O)C[N+](C)(C)C. The van der Waals surface area contributed by atoms with Crippen molar-refractivity contribution in [2.75, 3.05) is 27.7 Å². The van der Waals surface area contributed by atoms with Gasteiger partial charge in [-0.05, 0) is 6.92 Å². The van der Waals surface area contributed by atoms with Crippen LogP contribution in [0.3, 0.4) is 0 Å². The van der Waals surface area contributed by atoms with Crippen LogP contribution in [0.4, 0.5) is 0 Å². The number of hydrogen-bond donors (Lipinski definition) is 1. The number of carboxylic acid groups (broad SMARTS) is 1. The summed E-state index contributed by atoms with van der Waals surface area (Å²) in [7, 11) is 5.75. The second-order valence-electron chi connectivity index (χ2n) is 4.63. The smallest absolute Gasteiger partial charge is 0.330 e. The molecule has 0 aliphatic heterocycles. The minimum absolute atomic E-state index is 0.168. The number of rotatable bonds is 6.